The third-order valence-corrected chi connectivity index (χ3v) is 12.7. The molecular formula is C60H58N3OPt-. The molecule has 0 spiro atoms. The Balaban J connectivity index is 0.00000576. The van der Waals surface area contributed by atoms with E-state index in [4.69, 9.17) is 9.97 Å². The van der Waals surface area contributed by atoms with Crippen molar-refractivity contribution in [2.75, 3.05) is 0 Å². The Hall–Kier alpha value is -6.09. The molecule has 5 heteroatoms. The number of benzene rings is 6. The number of fused-ring (bicyclic) bond motifs is 3. The third kappa shape index (κ3) is 8.74. The van der Waals surface area contributed by atoms with Crippen LogP contribution in [-0.4, -0.2) is 19.6 Å². The van der Waals surface area contributed by atoms with Gasteiger partial charge >= 0.3 is 0 Å². The molecule has 3 heterocycles. The largest absolute Gasteiger partial charge is 0.507 e. The molecule has 6 aromatic carbocycles. The summed E-state index contributed by atoms with van der Waals surface area (Å²) in [5, 5.41) is 13.5. The SMILES string of the molecule is Cc1cc(C(C)(C)C)cc(C)c1-n1c2ccccc2c2cc(-c3cccnc3-c3[c-]c(-c4cc(-c5cc(C(C)(C)C)cc(C(C)(C)C)c5)cc(-c5ccccc5O)n4)ccc3)ccc21.[Pt]. The first-order chi connectivity index (χ1) is 30.3. The van der Waals surface area contributed by atoms with E-state index >= 15 is 0 Å². The number of para-hydroxylation sites is 2. The molecule has 0 bridgehead atoms. The first kappa shape index (κ1) is 45.5. The summed E-state index contributed by atoms with van der Waals surface area (Å²) in [5.41, 5.74) is 19.0. The Morgan fingerprint density at radius 1 is 0.492 bits per heavy atom. The molecule has 0 aliphatic heterocycles. The number of aryl methyl sites for hydroxylation is 2. The number of aromatic nitrogens is 3. The number of rotatable bonds is 6. The van der Waals surface area contributed by atoms with E-state index in [2.05, 4.69) is 196 Å². The average molecular weight is 1030 g/mol. The number of phenols is 1. The Morgan fingerprint density at radius 2 is 1.06 bits per heavy atom. The summed E-state index contributed by atoms with van der Waals surface area (Å²) in [6.45, 7) is 24.9. The minimum Gasteiger partial charge on any atom is -0.507 e. The fourth-order valence-electron chi connectivity index (χ4n) is 9.06. The van der Waals surface area contributed by atoms with Gasteiger partial charge in [-0.25, -0.2) is 0 Å². The summed E-state index contributed by atoms with van der Waals surface area (Å²) in [6, 6.07) is 53.1. The second-order valence-electron chi connectivity index (χ2n) is 20.6. The van der Waals surface area contributed by atoms with Gasteiger partial charge < -0.3 is 9.67 Å². The van der Waals surface area contributed by atoms with Gasteiger partial charge in [0.2, 0.25) is 0 Å². The van der Waals surface area contributed by atoms with Crippen molar-refractivity contribution in [3.63, 3.8) is 0 Å². The number of phenolic OH excluding ortho intramolecular Hbond substituents is 1. The summed E-state index contributed by atoms with van der Waals surface area (Å²) < 4.78 is 2.45. The van der Waals surface area contributed by atoms with Gasteiger partial charge in [-0.1, -0.05) is 152 Å². The van der Waals surface area contributed by atoms with Crippen LogP contribution in [0.3, 0.4) is 0 Å². The minimum atomic E-state index is -0.0487. The van der Waals surface area contributed by atoms with Crippen LogP contribution in [-0.2, 0) is 37.3 Å². The number of hydrogen-bond donors (Lipinski definition) is 1. The van der Waals surface area contributed by atoms with E-state index in [-0.39, 0.29) is 43.1 Å². The molecule has 3 aromatic heterocycles. The molecule has 0 saturated heterocycles. The van der Waals surface area contributed by atoms with Crippen LogP contribution in [0.25, 0.3) is 83.5 Å². The van der Waals surface area contributed by atoms with Gasteiger partial charge in [0, 0.05) is 55.0 Å². The molecule has 0 saturated carbocycles. The molecule has 330 valence electrons. The van der Waals surface area contributed by atoms with Crippen molar-refractivity contribution in [3.8, 4) is 67.5 Å². The van der Waals surface area contributed by atoms with Crippen molar-refractivity contribution in [1.82, 2.24) is 14.5 Å². The average Bonchev–Trinajstić information content (AvgIpc) is 3.58. The maximum Gasteiger partial charge on any atom is 0.124 e. The Labute approximate surface area is 399 Å². The van der Waals surface area contributed by atoms with Gasteiger partial charge in [0.1, 0.15) is 5.75 Å². The van der Waals surface area contributed by atoms with Crippen LogP contribution in [0, 0.1) is 19.9 Å². The molecule has 9 aromatic rings. The quantitative estimate of drug-likeness (QED) is 0.169. The van der Waals surface area contributed by atoms with E-state index < -0.39 is 0 Å². The molecular weight excluding hydrogens is 974 g/mol. The standard InChI is InChI=1S/C60H58N3O.Pt/c1-37-28-44(58(3,4)5)29-38(2)57(37)63-53-23-14-12-20-48(53)50-33-39(25-26-54(50)63)47-22-17-27-61-56(47)41-19-16-18-40(30-41)51-34-43(35-52(62-51)49-21-13-15-24-55(49)64)42-31-45(59(6,7)8)36-46(32-42)60(9,10)11;/h12-29,31-36,64H,1-11H3;/q-1;. The van der Waals surface area contributed by atoms with Gasteiger partial charge in [-0.15, -0.1) is 24.3 Å². The fourth-order valence-corrected chi connectivity index (χ4v) is 9.06. The van der Waals surface area contributed by atoms with Gasteiger partial charge in [0.25, 0.3) is 0 Å². The van der Waals surface area contributed by atoms with E-state index in [1.54, 1.807) is 6.07 Å². The van der Waals surface area contributed by atoms with Crippen molar-refractivity contribution < 1.29 is 26.2 Å². The number of nitrogens with zero attached hydrogens (tertiary/aromatic N) is 3. The second-order valence-corrected chi connectivity index (χ2v) is 20.6. The minimum absolute atomic E-state index is 0. The topological polar surface area (TPSA) is 50.9 Å². The summed E-state index contributed by atoms with van der Waals surface area (Å²) in [5.74, 6) is 0.191. The van der Waals surface area contributed by atoms with Crippen molar-refractivity contribution in [2.45, 2.75) is 92.4 Å². The van der Waals surface area contributed by atoms with E-state index in [0.29, 0.717) is 11.3 Å². The molecule has 9 rings (SSSR count). The normalized spacial score (nSPS) is 12.2. The van der Waals surface area contributed by atoms with Crippen molar-refractivity contribution in [2.24, 2.45) is 0 Å². The van der Waals surface area contributed by atoms with E-state index in [9.17, 15) is 5.11 Å². The maximum absolute atomic E-state index is 11.1. The fraction of sp³-hybridized carbons (Fsp3) is 0.233. The zero-order valence-electron chi connectivity index (χ0n) is 39.5. The van der Waals surface area contributed by atoms with Gasteiger partial charge in [0.05, 0.1) is 22.4 Å². The Morgan fingerprint density at radius 3 is 1.74 bits per heavy atom. The Bertz CT molecular complexity index is 3210. The van der Waals surface area contributed by atoms with Gasteiger partial charge in [-0.3, -0.25) is 9.97 Å². The van der Waals surface area contributed by atoms with Crippen molar-refractivity contribution in [3.05, 3.63) is 180 Å². The number of aromatic hydroxyl groups is 1. The zero-order chi connectivity index (χ0) is 45.3. The van der Waals surface area contributed by atoms with Gasteiger partial charge in [0.15, 0.2) is 0 Å². The zero-order valence-corrected chi connectivity index (χ0v) is 41.7. The first-order valence-corrected chi connectivity index (χ1v) is 22.5. The first-order valence-electron chi connectivity index (χ1n) is 22.5. The number of pyridine rings is 2. The van der Waals surface area contributed by atoms with Crippen LogP contribution < -0.4 is 0 Å². The summed E-state index contributed by atoms with van der Waals surface area (Å²) >= 11 is 0. The molecule has 1 N–H and O–H groups in total. The second kappa shape index (κ2) is 17.0. The predicted molar refractivity (Wildman–Crippen MR) is 270 cm³/mol. The van der Waals surface area contributed by atoms with Crippen molar-refractivity contribution in [1.29, 1.82) is 0 Å². The molecule has 0 aliphatic carbocycles. The van der Waals surface area contributed by atoms with Crippen LogP contribution >= 0.6 is 0 Å². The Kier molecular flexibility index (Phi) is 11.9. The van der Waals surface area contributed by atoms with E-state index in [1.165, 1.54) is 55.3 Å². The monoisotopic (exact) mass is 1030 g/mol. The van der Waals surface area contributed by atoms with Crippen LogP contribution in [0.2, 0.25) is 0 Å². The van der Waals surface area contributed by atoms with Gasteiger partial charge in [-0.2, -0.15) is 0 Å². The molecule has 0 unspecified atom stereocenters. The maximum atomic E-state index is 11.1. The van der Waals surface area contributed by atoms with Crippen LogP contribution in [0.1, 0.15) is 90.1 Å². The van der Waals surface area contributed by atoms with E-state index in [1.807, 2.05) is 30.5 Å². The summed E-state index contributed by atoms with van der Waals surface area (Å²) in [4.78, 5) is 10.2. The molecule has 0 radical (unpaired) electrons. The van der Waals surface area contributed by atoms with Crippen LogP contribution in [0.4, 0.5) is 0 Å². The molecule has 65 heavy (non-hydrogen) atoms. The molecule has 4 nitrogen and oxygen atoms in total. The van der Waals surface area contributed by atoms with Gasteiger partial charge in [-0.05, 0) is 123 Å². The van der Waals surface area contributed by atoms with Crippen molar-refractivity contribution >= 4 is 21.8 Å². The molecule has 0 fully saturated rings. The van der Waals surface area contributed by atoms with E-state index in [0.717, 1.165) is 44.8 Å². The third-order valence-electron chi connectivity index (χ3n) is 12.7. The molecule has 0 amide bonds. The summed E-state index contributed by atoms with van der Waals surface area (Å²) in [7, 11) is 0. The summed E-state index contributed by atoms with van der Waals surface area (Å²) in [6.07, 6.45) is 1.86. The van der Waals surface area contributed by atoms with Crippen LogP contribution in [0.5, 0.6) is 5.75 Å². The van der Waals surface area contributed by atoms with Crippen LogP contribution in [0.15, 0.2) is 146 Å². The number of hydrogen-bond acceptors (Lipinski definition) is 3. The predicted octanol–water partition coefficient (Wildman–Crippen LogP) is 15.9. The molecule has 0 aliphatic rings. The molecule has 0 atom stereocenters. The smallest absolute Gasteiger partial charge is 0.124 e.